The van der Waals surface area contributed by atoms with E-state index in [1.807, 2.05) is 18.2 Å². The number of carboxylic acid groups (broad SMARTS) is 1. The molecule has 1 fully saturated rings. The largest absolute Gasteiger partial charge is 0.503 e. The number of hydrogen-bond acceptors (Lipinski definition) is 7. The van der Waals surface area contributed by atoms with Crippen LogP contribution in [0, 0.1) is 5.92 Å². The van der Waals surface area contributed by atoms with Gasteiger partial charge in [0.1, 0.15) is 16.9 Å². The number of aliphatic carboxylic acids is 1. The lowest BCUT2D eigenvalue weighted by Crippen LogP contribution is -2.40. The summed E-state index contributed by atoms with van der Waals surface area (Å²) in [5.41, 5.74) is 1.05. The van der Waals surface area contributed by atoms with Crippen molar-refractivity contribution in [3.63, 3.8) is 0 Å². The van der Waals surface area contributed by atoms with Crippen molar-refractivity contribution in [1.29, 1.82) is 0 Å². The average Bonchev–Trinajstić information content (AvgIpc) is 2.79. The number of benzene rings is 1. The third kappa shape index (κ3) is 5.66. The van der Waals surface area contributed by atoms with Crippen molar-refractivity contribution < 1.29 is 19.8 Å². The van der Waals surface area contributed by atoms with Crippen molar-refractivity contribution in [2.45, 2.75) is 43.7 Å². The summed E-state index contributed by atoms with van der Waals surface area (Å²) in [6.45, 7) is 3.54. The number of rotatable bonds is 8. The first-order valence-electron chi connectivity index (χ1n) is 10.4. The molecule has 0 bridgehead atoms. The second kappa shape index (κ2) is 10.5. The molecular formula is C22H28N4O4S. The van der Waals surface area contributed by atoms with Crippen molar-refractivity contribution in [2.75, 3.05) is 24.2 Å². The lowest BCUT2D eigenvalue weighted by molar-refractivity contribution is -0.139. The average molecular weight is 445 g/mol. The van der Waals surface area contributed by atoms with Crippen LogP contribution in [0.1, 0.15) is 42.5 Å². The van der Waals surface area contributed by atoms with Crippen LogP contribution in [-0.2, 0) is 11.2 Å². The number of carbonyl (C=O) groups excluding carboxylic acids is 1. The lowest BCUT2D eigenvalue weighted by Gasteiger charge is -2.33. The van der Waals surface area contributed by atoms with Crippen LogP contribution in [0.2, 0.25) is 0 Å². The molecule has 0 radical (unpaired) electrons. The van der Waals surface area contributed by atoms with E-state index < -0.39 is 17.9 Å². The highest BCUT2D eigenvalue weighted by atomic mass is 32.2. The van der Waals surface area contributed by atoms with E-state index in [4.69, 9.17) is 0 Å². The van der Waals surface area contributed by atoms with Gasteiger partial charge in [0.2, 0.25) is 0 Å². The number of nitrogens with one attached hydrogen (secondary N) is 1. The number of aromatic nitrogens is 2. The lowest BCUT2D eigenvalue weighted by atomic mass is 9.93. The predicted molar refractivity (Wildman–Crippen MR) is 120 cm³/mol. The summed E-state index contributed by atoms with van der Waals surface area (Å²) >= 11 is 1.23. The van der Waals surface area contributed by atoms with Gasteiger partial charge in [0.05, 0.1) is 0 Å². The molecule has 3 rings (SSSR count). The van der Waals surface area contributed by atoms with Crippen LogP contribution < -0.4 is 10.2 Å². The van der Waals surface area contributed by atoms with E-state index in [9.17, 15) is 19.8 Å². The van der Waals surface area contributed by atoms with Gasteiger partial charge in [-0.3, -0.25) is 4.79 Å². The van der Waals surface area contributed by atoms with Gasteiger partial charge in [-0.05, 0) is 43.6 Å². The summed E-state index contributed by atoms with van der Waals surface area (Å²) in [6, 6.07) is 9.27. The highest BCUT2D eigenvalue weighted by molar-refractivity contribution is 7.98. The summed E-state index contributed by atoms with van der Waals surface area (Å²) in [7, 11) is 0. The molecule has 1 aromatic heterocycles. The van der Waals surface area contributed by atoms with Crippen LogP contribution in [0.3, 0.4) is 0 Å². The normalized spacial score (nSPS) is 15.5. The Hall–Kier alpha value is -2.81. The molecule has 0 saturated carbocycles. The zero-order valence-corrected chi connectivity index (χ0v) is 18.6. The third-order valence-electron chi connectivity index (χ3n) is 5.53. The molecule has 1 aliphatic rings. The van der Waals surface area contributed by atoms with Crippen molar-refractivity contribution >= 4 is 29.3 Å². The molecule has 2 aromatic rings. The number of aromatic hydroxyl groups is 1. The Bertz CT molecular complexity index is 917. The third-order valence-corrected chi connectivity index (χ3v) is 6.20. The maximum atomic E-state index is 12.6. The Balaban J connectivity index is 1.71. The van der Waals surface area contributed by atoms with E-state index >= 15 is 0 Å². The Kier molecular flexibility index (Phi) is 7.73. The molecule has 1 amide bonds. The van der Waals surface area contributed by atoms with Gasteiger partial charge in [-0.1, -0.05) is 25.1 Å². The molecule has 2 heterocycles. The minimum absolute atomic E-state index is 0.171. The van der Waals surface area contributed by atoms with Crippen LogP contribution in [0.15, 0.2) is 35.4 Å². The van der Waals surface area contributed by atoms with Crippen LogP contribution >= 0.6 is 11.8 Å². The number of carbonyl (C=O) groups is 2. The first-order valence-corrected chi connectivity index (χ1v) is 11.6. The van der Waals surface area contributed by atoms with Gasteiger partial charge in [0.25, 0.3) is 5.91 Å². The van der Waals surface area contributed by atoms with Crippen LogP contribution in [0.4, 0.5) is 5.69 Å². The Morgan fingerprint density at radius 2 is 1.90 bits per heavy atom. The summed E-state index contributed by atoms with van der Waals surface area (Å²) in [5.74, 6) is -1.27. The van der Waals surface area contributed by atoms with Gasteiger partial charge in [-0.25, -0.2) is 14.8 Å². The monoisotopic (exact) mass is 444 g/mol. The van der Waals surface area contributed by atoms with Crippen molar-refractivity contribution in [3.05, 3.63) is 41.9 Å². The number of piperidine rings is 1. The predicted octanol–water partition coefficient (Wildman–Crippen LogP) is 2.96. The number of carboxylic acids is 1. The first-order chi connectivity index (χ1) is 14.9. The number of hydrogen-bond donors (Lipinski definition) is 3. The zero-order chi connectivity index (χ0) is 22.4. The van der Waals surface area contributed by atoms with Crippen molar-refractivity contribution in [3.8, 4) is 5.75 Å². The minimum atomic E-state index is -1.13. The number of anilines is 1. The number of nitrogens with zero attached hydrogens (tertiary/aromatic N) is 3. The molecule has 0 aliphatic carbocycles. The Morgan fingerprint density at radius 3 is 2.48 bits per heavy atom. The smallest absolute Gasteiger partial charge is 0.326 e. The van der Waals surface area contributed by atoms with Gasteiger partial charge >= 0.3 is 5.97 Å². The van der Waals surface area contributed by atoms with E-state index in [-0.39, 0.29) is 17.9 Å². The quantitative estimate of drug-likeness (QED) is 0.420. The highest BCUT2D eigenvalue weighted by Gasteiger charge is 2.26. The van der Waals surface area contributed by atoms with Crippen molar-refractivity contribution in [2.24, 2.45) is 5.92 Å². The number of thioether (sulfide) groups is 1. The Labute approximate surface area is 186 Å². The zero-order valence-electron chi connectivity index (χ0n) is 17.7. The number of amides is 1. The van der Waals surface area contributed by atoms with Crippen LogP contribution in [0.25, 0.3) is 0 Å². The molecule has 1 aliphatic heterocycles. The summed E-state index contributed by atoms with van der Waals surface area (Å²) in [5, 5.41) is 22.4. The molecule has 3 N–H and O–H groups in total. The molecule has 31 heavy (non-hydrogen) atoms. The van der Waals surface area contributed by atoms with Gasteiger partial charge in [0, 0.05) is 25.2 Å². The molecule has 166 valence electrons. The van der Waals surface area contributed by atoms with Crippen LogP contribution in [-0.4, -0.2) is 57.4 Å². The van der Waals surface area contributed by atoms with Crippen LogP contribution in [0.5, 0.6) is 5.75 Å². The SMILES string of the molecule is CCC(NC(=O)c1nc(CC2CCN(c3ccccc3)CC2)nc(SC)c1O)C(=O)O. The fourth-order valence-electron chi connectivity index (χ4n) is 3.73. The van der Waals surface area contributed by atoms with E-state index in [0.717, 1.165) is 25.9 Å². The second-order valence-corrected chi connectivity index (χ2v) is 8.38. The molecule has 8 nitrogen and oxygen atoms in total. The van der Waals surface area contributed by atoms with Gasteiger partial charge in [-0.2, -0.15) is 0 Å². The summed E-state index contributed by atoms with van der Waals surface area (Å²) in [6.07, 6.45) is 4.55. The van der Waals surface area contributed by atoms with Gasteiger partial charge < -0.3 is 20.4 Å². The summed E-state index contributed by atoms with van der Waals surface area (Å²) < 4.78 is 0. The maximum absolute atomic E-state index is 12.6. The molecule has 9 heteroatoms. The highest BCUT2D eigenvalue weighted by Crippen LogP contribution is 2.30. The molecule has 1 saturated heterocycles. The van der Waals surface area contributed by atoms with E-state index in [0.29, 0.717) is 23.2 Å². The maximum Gasteiger partial charge on any atom is 0.326 e. The molecule has 0 spiro atoms. The topological polar surface area (TPSA) is 116 Å². The van der Waals surface area contributed by atoms with E-state index in [2.05, 4.69) is 32.3 Å². The van der Waals surface area contributed by atoms with E-state index in [1.165, 1.54) is 17.4 Å². The number of para-hydroxylation sites is 1. The van der Waals surface area contributed by atoms with Gasteiger partial charge in [-0.15, -0.1) is 11.8 Å². The molecule has 1 atom stereocenters. The second-order valence-electron chi connectivity index (χ2n) is 7.59. The molecule has 1 aromatic carbocycles. The van der Waals surface area contributed by atoms with Gasteiger partial charge in [0.15, 0.2) is 11.4 Å². The Morgan fingerprint density at radius 1 is 1.23 bits per heavy atom. The molecule has 1 unspecified atom stereocenters. The van der Waals surface area contributed by atoms with Crippen molar-refractivity contribution in [1.82, 2.24) is 15.3 Å². The standard InChI is InChI=1S/C22H28N4O4S/c1-3-16(22(29)30)23-20(28)18-19(27)21(31-2)25-17(24-18)13-14-9-11-26(12-10-14)15-7-5-4-6-8-15/h4-8,14,16,27H,3,9-13H2,1-2H3,(H,23,28)(H,29,30). The van der Waals surface area contributed by atoms with E-state index in [1.54, 1.807) is 13.2 Å². The fraction of sp³-hybridized carbons (Fsp3) is 0.455. The minimum Gasteiger partial charge on any atom is -0.503 e. The summed E-state index contributed by atoms with van der Waals surface area (Å²) in [4.78, 5) is 35.0. The fourth-order valence-corrected chi connectivity index (χ4v) is 4.21. The molecular weight excluding hydrogens is 416 g/mol. The first kappa shape index (κ1) is 22.9.